The summed E-state index contributed by atoms with van der Waals surface area (Å²) in [6, 6.07) is 4.90. The second kappa shape index (κ2) is 6.42. The molecule has 3 nitrogen and oxygen atoms in total. The molecule has 0 bridgehead atoms. The van der Waals surface area contributed by atoms with Gasteiger partial charge in [0, 0.05) is 11.6 Å². The van der Waals surface area contributed by atoms with Crippen molar-refractivity contribution in [3.05, 3.63) is 28.8 Å². The third-order valence-corrected chi connectivity index (χ3v) is 5.78. The van der Waals surface area contributed by atoms with Gasteiger partial charge >= 0.3 is 6.03 Å². The summed E-state index contributed by atoms with van der Waals surface area (Å²) in [5, 5.41) is 3.33. The topological polar surface area (TPSA) is 32.3 Å². The van der Waals surface area contributed by atoms with E-state index in [0.717, 1.165) is 24.9 Å². The first-order chi connectivity index (χ1) is 11.3. The van der Waals surface area contributed by atoms with E-state index in [2.05, 4.69) is 52.1 Å². The number of fused-ring (bicyclic) bond motifs is 1. The maximum atomic E-state index is 13.2. The number of nitrogens with zero attached hydrogens (tertiary/aromatic N) is 1. The number of anilines is 1. The van der Waals surface area contributed by atoms with Crippen LogP contribution in [0, 0.1) is 13.8 Å². The Morgan fingerprint density at radius 3 is 2.50 bits per heavy atom. The number of nitrogens with one attached hydrogen (secondary N) is 1. The fraction of sp³-hybridized carbons (Fsp3) is 0.667. The largest absolute Gasteiger partial charge is 0.335 e. The van der Waals surface area contributed by atoms with Crippen molar-refractivity contribution in [2.75, 3.05) is 4.90 Å². The highest BCUT2D eigenvalue weighted by Gasteiger charge is 2.41. The Balaban J connectivity index is 1.96. The smallest absolute Gasteiger partial charge is 0.322 e. The molecule has 2 aliphatic rings. The van der Waals surface area contributed by atoms with Crippen LogP contribution in [0.15, 0.2) is 12.1 Å². The van der Waals surface area contributed by atoms with Crippen molar-refractivity contribution >= 4 is 11.7 Å². The molecule has 1 N–H and O–H groups in total. The van der Waals surface area contributed by atoms with E-state index < -0.39 is 0 Å². The van der Waals surface area contributed by atoms with Crippen LogP contribution < -0.4 is 10.2 Å². The van der Waals surface area contributed by atoms with Crippen molar-refractivity contribution < 1.29 is 4.79 Å². The Morgan fingerprint density at radius 1 is 1.17 bits per heavy atom. The van der Waals surface area contributed by atoms with Gasteiger partial charge in [-0.2, -0.15) is 0 Å². The molecule has 3 heteroatoms. The Labute approximate surface area is 146 Å². The van der Waals surface area contributed by atoms with Crippen LogP contribution >= 0.6 is 0 Å². The molecule has 24 heavy (non-hydrogen) atoms. The molecule has 132 valence electrons. The predicted molar refractivity (Wildman–Crippen MR) is 101 cm³/mol. The zero-order chi connectivity index (χ0) is 17.5. The normalized spacial score (nSPS) is 23.7. The molecule has 1 aliphatic carbocycles. The molecule has 1 aromatic carbocycles. The minimum Gasteiger partial charge on any atom is -0.335 e. The molecule has 0 saturated heterocycles. The maximum absolute atomic E-state index is 13.2. The maximum Gasteiger partial charge on any atom is 0.322 e. The Hall–Kier alpha value is -1.51. The van der Waals surface area contributed by atoms with Crippen LogP contribution in [0.4, 0.5) is 10.5 Å². The molecule has 1 heterocycles. The summed E-state index contributed by atoms with van der Waals surface area (Å²) < 4.78 is 0. The average molecular weight is 329 g/mol. The minimum absolute atomic E-state index is 0.0898. The quantitative estimate of drug-likeness (QED) is 0.731. The lowest BCUT2D eigenvalue weighted by Gasteiger charge is -2.47. The highest BCUT2D eigenvalue weighted by atomic mass is 16.2. The van der Waals surface area contributed by atoms with E-state index in [1.165, 1.54) is 36.0 Å². The van der Waals surface area contributed by atoms with Crippen LogP contribution in [0.25, 0.3) is 0 Å². The van der Waals surface area contributed by atoms with E-state index in [1.54, 1.807) is 0 Å². The van der Waals surface area contributed by atoms with Crippen molar-refractivity contribution in [3.8, 4) is 0 Å². The van der Waals surface area contributed by atoms with Gasteiger partial charge in [0.1, 0.15) is 0 Å². The zero-order valence-corrected chi connectivity index (χ0v) is 15.9. The van der Waals surface area contributed by atoms with Crippen LogP contribution in [0.3, 0.4) is 0 Å². The lowest BCUT2D eigenvalue weighted by Crippen LogP contribution is -2.57. The van der Waals surface area contributed by atoms with Crippen LogP contribution in [0.2, 0.25) is 0 Å². The molecule has 0 unspecified atom stereocenters. The molecule has 1 saturated carbocycles. The van der Waals surface area contributed by atoms with Crippen molar-refractivity contribution in [2.45, 2.75) is 90.6 Å². The molecule has 1 aromatic rings. The van der Waals surface area contributed by atoms with Gasteiger partial charge < -0.3 is 5.32 Å². The number of hydrogen-bond acceptors (Lipinski definition) is 1. The zero-order valence-electron chi connectivity index (χ0n) is 15.9. The molecule has 0 aromatic heterocycles. The summed E-state index contributed by atoms with van der Waals surface area (Å²) in [7, 11) is 0. The van der Waals surface area contributed by atoms with E-state index in [9.17, 15) is 4.79 Å². The van der Waals surface area contributed by atoms with Gasteiger partial charge in [0.25, 0.3) is 0 Å². The molecular weight excluding hydrogens is 296 g/mol. The summed E-state index contributed by atoms with van der Waals surface area (Å²) in [5.41, 5.74) is 4.79. The van der Waals surface area contributed by atoms with Crippen molar-refractivity contribution in [3.63, 3.8) is 0 Å². The van der Waals surface area contributed by atoms with Crippen molar-refractivity contribution in [1.82, 2.24) is 5.32 Å². The number of amides is 2. The van der Waals surface area contributed by atoms with E-state index in [1.807, 2.05) is 4.90 Å². The van der Waals surface area contributed by atoms with Crippen molar-refractivity contribution in [1.29, 1.82) is 0 Å². The standard InChI is InChI=1S/C21H32N2O/c1-14-11-15(2)19-18(12-14)16(3)13-21(4,5)23(19)20(24)22-17-9-7-6-8-10-17/h11-12,16-17H,6-10,13H2,1-5H3,(H,22,24)/t16-/m1/s1. The van der Waals surface area contributed by atoms with E-state index in [4.69, 9.17) is 0 Å². The number of hydrogen-bond donors (Lipinski definition) is 1. The van der Waals surface area contributed by atoms with Gasteiger partial charge in [0.2, 0.25) is 0 Å². The Bertz CT molecular complexity index is 629. The fourth-order valence-electron chi connectivity index (χ4n) is 4.79. The van der Waals surface area contributed by atoms with Gasteiger partial charge in [-0.15, -0.1) is 0 Å². The number of rotatable bonds is 1. The summed E-state index contributed by atoms with van der Waals surface area (Å²) in [5.74, 6) is 0.479. The highest BCUT2D eigenvalue weighted by Crippen LogP contribution is 2.45. The number of aryl methyl sites for hydroxylation is 2. The molecule has 1 fully saturated rings. The summed E-state index contributed by atoms with van der Waals surface area (Å²) >= 11 is 0. The molecule has 3 rings (SSSR count). The Kier molecular flexibility index (Phi) is 4.63. The van der Waals surface area contributed by atoms with Gasteiger partial charge in [-0.1, -0.05) is 43.9 Å². The number of benzene rings is 1. The van der Waals surface area contributed by atoms with Gasteiger partial charge in [-0.05, 0) is 64.0 Å². The minimum atomic E-state index is -0.162. The number of carbonyl (C=O) groups excluding carboxylic acids is 1. The first-order valence-corrected chi connectivity index (χ1v) is 9.51. The van der Waals surface area contributed by atoms with Gasteiger partial charge in [0.05, 0.1) is 5.69 Å². The lowest BCUT2D eigenvalue weighted by molar-refractivity contribution is 0.228. The third-order valence-electron chi connectivity index (χ3n) is 5.78. The monoisotopic (exact) mass is 328 g/mol. The summed E-state index contributed by atoms with van der Waals surface area (Å²) in [4.78, 5) is 15.3. The number of urea groups is 1. The van der Waals surface area contributed by atoms with Crippen molar-refractivity contribution in [2.24, 2.45) is 0 Å². The van der Waals surface area contributed by atoms with Gasteiger partial charge in [-0.25, -0.2) is 4.79 Å². The molecule has 0 spiro atoms. The molecule has 1 atom stereocenters. The SMILES string of the molecule is Cc1cc(C)c2c(c1)[C@H](C)CC(C)(C)N2C(=O)NC1CCCCC1. The van der Waals surface area contributed by atoms with Gasteiger partial charge in [-0.3, -0.25) is 4.90 Å². The van der Waals surface area contributed by atoms with Crippen LogP contribution in [0.5, 0.6) is 0 Å². The summed E-state index contributed by atoms with van der Waals surface area (Å²) in [6.07, 6.45) is 7.02. The second-order valence-electron chi connectivity index (χ2n) is 8.56. The highest BCUT2D eigenvalue weighted by molar-refractivity contribution is 5.96. The van der Waals surface area contributed by atoms with E-state index in [-0.39, 0.29) is 11.6 Å². The molecule has 1 aliphatic heterocycles. The molecule has 0 radical (unpaired) electrons. The lowest BCUT2D eigenvalue weighted by atomic mass is 9.78. The van der Waals surface area contributed by atoms with E-state index >= 15 is 0 Å². The molecular formula is C21H32N2O. The first kappa shape index (κ1) is 17.3. The Morgan fingerprint density at radius 2 is 1.83 bits per heavy atom. The fourth-order valence-corrected chi connectivity index (χ4v) is 4.79. The average Bonchev–Trinajstić information content (AvgIpc) is 2.48. The van der Waals surface area contributed by atoms with E-state index in [0.29, 0.717) is 12.0 Å². The first-order valence-electron chi connectivity index (χ1n) is 9.51. The van der Waals surface area contributed by atoms with Gasteiger partial charge in [0.15, 0.2) is 0 Å². The number of carbonyl (C=O) groups is 1. The summed E-state index contributed by atoms with van der Waals surface area (Å²) in [6.45, 7) is 11.0. The molecule has 2 amide bonds. The second-order valence-corrected chi connectivity index (χ2v) is 8.56. The van der Waals surface area contributed by atoms with Crippen LogP contribution in [-0.4, -0.2) is 17.6 Å². The van der Waals surface area contributed by atoms with Crippen LogP contribution in [0.1, 0.15) is 81.9 Å². The van der Waals surface area contributed by atoms with Crippen LogP contribution in [-0.2, 0) is 0 Å². The third kappa shape index (κ3) is 3.18. The predicted octanol–water partition coefficient (Wildman–Crippen LogP) is 5.44.